The van der Waals surface area contributed by atoms with Crippen LogP contribution in [0.15, 0.2) is 47.8 Å². The van der Waals surface area contributed by atoms with Gasteiger partial charge in [0.15, 0.2) is 6.61 Å². The molecule has 0 saturated carbocycles. The van der Waals surface area contributed by atoms with Crippen LogP contribution in [0, 0.1) is 6.61 Å². The second-order valence-electron chi connectivity index (χ2n) is 2.56. The Hall–Kier alpha value is -1.28. The summed E-state index contributed by atoms with van der Waals surface area (Å²) < 4.78 is 5.44. The summed E-state index contributed by atoms with van der Waals surface area (Å²) in [4.78, 5) is 1.13. The fourth-order valence-electron chi connectivity index (χ4n) is 0.984. The van der Waals surface area contributed by atoms with Crippen molar-refractivity contribution < 1.29 is 4.74 Å². The highest BCUT2D eigenvalue weighted by Gasteiger charge is 1.95. The van der Waals surface area contributed by atoms with Crippen LogP contribution in [-0.4, -0.2) is 0 Å². The molecule has 0 saturated heterocycles. The molecule has 0 N–H and O–H groups in total. The van der Waals surface area contributed by atoms with Gasteiger partial charge < -0.3 is 4.74 Å². The standard InChI is InChI=1S/C11H9OS/c1-2-5-10(6-3-1)12-9-11-7-4-8-13-11/h1-9H. The van der Waals surface area contributed by atoms with Gasteiger partial charge >= 0.3 is 0 Å². The predicted octanol–water partition coefficient (Wildman–Crippen LogP) is 3.34. The summed E-state index contributed by atoms with van der Waals surface area (Å²) in [6.45, 7) is 1.76. The first-order chi connectivity index (χ1) is 6.45. The van der Waals surface area contributed by atoms with Crippen molar-refractivity contribution in [2.45, 2.75) is 0 Å². The Morgan fingerprint density at radius 2 is 1.85 bits per heavy atom. The van der Waals surface area contributed by atoms with E-state index in [0.29, 0.717) is 0 Å². The van der Waals surface area contributed by atoms with Crippen LogP contribution in [0.3, 0.4) is 0 Å². The second kappa shape index (κ2) is 4.10. The molecule has 0 fully saturated rings. The van der Waals surface area contributed by atoms with Crippen LogP contribution in [0.5, 0.6) is 5.75 Å². The Labute approximate surface area is 81.6 Å². The van der Waals surface area contributed by atoms with Crippen molar-refractivity contribution in [2.75, 3.05) is 0 Å². The molecule has 0 aliphatic rings. The Morgan fingerprint density at radius 3 is 2.54 bits per heavy atom. The lowest BCUT2D eigenvalue weighted by atomic mass is 10.3. The molecule has 1 radical (unpaired) electrons. The molecule has 1 aromatic heterocycles. The van der Waals surface area contributed by atoms with Crippen LogP contribution in [0.2, 0.25) is 0 Å². The first-order valence-corrected chi connectivity index (χ1v) is 4.91. The third-order valence-corrected chi connectivity index (χ3v) is 2.40. The van der Waals surface area contributed by atoms with Gasteiger partial charge in [-0.2, -0.15) is 0 Å². The van der Waals surface area contributed by atoms with Crippen LogP contribution in [0.25, 0.3) is 0 Å². The van der Waals surface area contributed by atoms with Crippen molar-refractivity contribution in [3.8, 4) is 5.75 Å². The highest BCUT2D eigenvalue weighted by atomic mass is 32.1. The lowest BCUT2D eigenvalue weighted by molar-refractivity contribution is 0.431. The van der Waals surface area contributed by atoms with E-state index in [-0.39, 0.29) is 0 Å². The maximum Gasteiger partial charge on any atom is 0.174 e. The Morgan fingerprint density at radius 1 is 1.00 bits per heavy atom. The normalized spacial score (nSPS) is 9.85. The van der Waals surface area contributed by atoms with Gasteiger partial charge in [0, 0.05) is 4.88 Å². The van der Waals surface area contributed by atoms with E-state index in [0.717, 1.165) is 10.6 Å². The van der Waals surface area contributed by atoms with Crippen molar-refractivity contribution in [1.29, 1.82) is 0 Å². The quantitative estimate of drug-likeness (QED) is 0.719. The minimum atomic E-state index is 0.871. The van der Waals surface area contributed by atoms with Crippen molar-refractivity contribution >= 4 is 11.3 Å². The van der Waals surface area contributed by atoms with Crippen LogP contribution < -0.4 is 4.74 Å². The summed E-state index contributed by atoms with van der Waals surface area (Å²) in [6.07, 6.45) is 0. The first-order valence-electron chi connectivity index (χ1n) is 4.03. The van der Waals surface area contributed by atoms with E-state index in [1.807, 2.05) is 47.8 Å². The second-order valence-corrected chi connectivity index (χ2v) is 3.54. The van der Waals surface area contributed by atoms with Crippen molar-refractivity contribution in [3.05, 3.63) is 59.3 Å². The summed E-state index contributed by atoms with van der Waals surface area (Å²) in [5.41, 5.74) is 0. The summed E-state index contributed by atoms with van der Waals surface area (Å²) >= 11 is 1.66. The molecule has 0 atom stereocenters. The molecule has 1 heterocycles. The lowest BCUT2D eigenvalue weighted by Gasteiger charge is -2.01. The molecule has 2 rings (SSSR count). The van der Waals surface area contributed by atoms with Gasteiger partial charge in [0.05, 0.1) is 0 Å². The molecular weight excluding hydrogens is 180 g/mol. The molecule has 0 unspecified atom stereocenters. The van der Waals surface area contributed by atoms with Crippen LogP contribution in [0.4, 0.5) is 0 Å². The smallest absolute Gasteiger partial charge is 0.174 e. The number of ether oxygens (including phenoxy) is 1. The zero-order valence-corrected chi connectivity index (χ0v) is 7.83. The summed E-state index contributed by atoms with van der Waals surface area (Å²) in [5.74, 6) is 0.871. The van der Waals surface area contributed by atoms with Gasteiger partial charge in [-0.25, -0.2) is 0 Å². The van der Waals surface area contributed by atoms with Crippen molar-refractivity contribution in [1.82, 2.24) is 0 Å². The molecule has 0 aliphatic heterocycles. The minimum absolute atomic E-state index is 0.871. The number of rotatable bonds is 3. The van der Waals surface area contributed by atoms with Crippen LogP contribution in [0.1, 0.15) is 4.88 Å². The van der Waals surface area contributed by atoms with Gasteiger partial charge in [0.2, 0.25) is 0 Å². The zero-order valence-electron chi connectivity index (χ0n) is 7.01. The van der Waals surface area contributed by atoms with E-state index in [2.05, 4.69) is 0 Å². The molecule has 1 aromatic carbocycles. The van der Waals surface area contributed by atoms with Crippen molar-refractivity contribution in [2.24, 2.45) is 0 Å². The Kier molecular flexibility index (Phi) is 2.62. The van der Waals surface area contributed by atoms with E-state index in [1.54, 1.807) is 17.9 Å². The number of hydrogen-bond acceptors (Lipinski definition) is 2. The van der Waals surface area contributed by atoms with E-state index >= 15 is 0 Å². The summed E-state index contributed by atoms with van der Waals surface area (Å²) in [6, 6.07) is 13.8. The summed E-state index contributed by atoms with van der Waals surface area (Å²) in [5, 5.41) is 2.03. The first kappa shape index (κ1) is 8.32. The molecule has 0 bridgehead atoms. The number of benzene rings is 1. The van der Waals surface area contributed by atoms with E-state index in [4.69, 9.17) is 4.74 Å². The summed E-state index contributed by atoms with van der Waals surface area (Å²) in [7, 11) is 0. The highest BCUT2D eigenvalue weighted by Crippen LogP contribution is 2.15. The monoisotopic (exact) mass is 189 g/mol. The molecule has 0 amide bonds. The average Bonchev–Trinajstić information content (AvgIpc) is 2.69. The average molecular weight is 189 g/mol. The third-order valence-electron chi connectivity index (χ3n) is 1.60. The van der Waals surface area contributed by atoms with Gasteiger partial charge in [0.1, 0.15) is 5.75 Å². The highest BCUT2D eigenvalue weighted by molar-refractivity contribution is 7.10. The molecule has 2 heteroatoms. The zero-order chi connectivity index (χ0) is 8.93. The Bertz CT molecular complexity index is 340. The molecule has 0 spiro atoms. The van der Waals surface area contributed by atoms with E-state index < -0.39 is 0 Å². The van der Waals surface area contributed by atoms with E-state index in [1.165, 1.54) is 0 Å². The number of hydrogen-bond donors (Lipinski definition) is 0. The Balaban J connectivity index is 1.94. The molecular formula is C11H9OS. The van der Waals surface area contributed by atoms with Crippen LogP contribution >= 0.6 is 11.3 Å². The number of thiophene rings is 1. The maximum atomic E-state index is 5.44. The topological polar surface area (TPSA) is 9.23 Å². The van der Waals surface area contributed by atoms with Crippen LogP contribution in [-0.2, 0) is 0 Å². The molecule has 2 aromatic rings. The molecule has 65 valence electrons. The van der Waals surface area contributed by atoms with E-state index in [9.17, 15) is 0 Å². The van der Waals surface area contributed by atoms with Gasteiger partial charge in [-0.1, -0.05) is 24.3 Å². The third kappa shape index (κ3) is 2.33. The molecule has 1 nitrogen and oxygen atoms in total. The SMILES string of the molecule is [CH](Oc1ccccc1)c1cccs1. The van der Waals surface area contributed by atoms with Gasteiger partial charge in [-0.15, -0.1) is 11.3 Å². The number of para-hydroxylation sites is 1. The maximum absolute atomic E-state index is 5.44. The van der Waals surface area contributed by atoms with Crippen molar-refractivity contribution in [3.63, 3.8) is 0 Å². The lowest BCUT2D eigenvalue weighted by Crippen LogP contribution is -1.88. The molecule has 13 heavy (non-hydrogen) atoms. The van der Waals surface area contributed by atoms with Gasteiger partial charge in [0.25, 0.3) is 0 Å². The molecule has 0 aliphatic carbocycles. The fraction of sp³-hybridized carbons (Fsp3) is 0. The largest absolute Gasteiger partial charge is 0.481 e. The van der Waals surface area contributed by atoms with Gasteiger partial charge in [-0.05, 0) is 23.6 Å². The predicted molar refractivity (Wildman–Crippen MR) is 54.8 cm³/mol. The minimum Gasteiger partial charge on any atom is -0.481 e. The van der Waals surface area contributed by atoms with Gasteiger partial charge in [-0.3, -0.25) is 0 Å². The fourth-order valence-corrected chi connectivity index (χ4v) is 1.56.